The number of rotatable bonds is 7. The van der Waals surface area contributed by atoms with Crippen molar-refractivity contribution in [2.75, 3.05) is 32.8 Å². The zero-order valence-corrected chi connectivity index (χ0v) is 13.6. The van der Waals surface area contributed by atoms with Crippen LogP contribution in [-0.4, -0.2) is 61.6 Å². The van der Waals surface area contributed by atoms with Crippen LogP contribution in [0.5, 0.6) is 0 Å². The van der Waals surface area contributed by atoms with Gasteiger partial charge in [0.25, 0.3) is 0 Å². The van der Waals surface area contributed by atoms with Crippen molar-refractivity contribution in [1.82, 2.24) is 15.5 Å². The highest BCUT2D eigenvalue weighted by Crippen LogP contribution is 2.13. The fourth-order valence-corrected chi connectivity index (χ4v) is 2.59. The molecule has 2 atom stereocenters. The first-order chi connectivity index (χ1) is 9.90. The van der Waals surface area contributed by atoms with Crippen LogP contribution in [0.3, 0.4) is 0 Å². The standard InChI is InChI=1S/C15H29N3O3/c1-11(2)9-14(18-5-7-21-8-6-18)10-16-15(20)12(3)17-13(4)19/h11-12,14H,5-10H2,1-4H3,(H,16,20)(H,17,19)/t12-,14-/m1/s1. The SMILES string of the molecule is CC(=O)N[C@H](C)C(=O)NC[C@@H](CC(C)C)N1CCOCC1. The Morgan fingerprint density at radius 2 is 1.81 bits per heavy atom. The van der Waals surface area contributed by atoms with E-state index in [9.17, 15) is 9.59 Å². The predicted molar refractivity (Wildman–Crippen MR) is 81.9 cm³/mol. The number of ether oxygens (including phenoxy) is 1. The average molecular weight is 299 g/mol. The number of morpholine rings is 1. The Kier molecular flexibility index (Phi) is 7.67. The monoisotopic (exact) mass is 299 g/mol. The Hall–Kier alpha value is -1.14. The molecule has 1 rings (SSSR count). The first-order valence-electron chi connectivity index (χ1n) is 7.76. The lowest BCUT2D eigenvalue weighted by atomic mass is 10.0. The molecule has 0 bridgehead atoms. The molecule has 2 amide bonds. The highest BCUT2D eigenvalue weighted by Gasteiger charge is 2.23. The molecule has 6 heteroatoms. The van der Waals surface area contributed by atoms with E-state index in [4.69, 9.17) is 4.74 Å². The number of nitrogens with one attached hydrogen (secondary N) is 2. The summed E-state index contributed by atoms with van der Waals surface area (Å²) in [5.74, 6) is 0.249. The maximum atomic E-state index is 12.0. The van der Waals surface area contributed by atoms with Crippen molar-refractivity contribution in [3.63, 3.8) is 0 Å². The van der Waals surface area contributed by atoms with Crippen LogP contribution in [0.25, 0.3) is 0 Å². The molecule has 1 fully saturated rings. The van der Waals surface area contributed by atoms with E-state index in [2.05, 4.69) is 29.4 Å². The van der Waals surface area contributed by atoms with Gasteiger partial charge in [0.1, 0.15) is 6.04 Å². The van der Waals surface area contributed by atoms with Gasteiger partial charge in [-0.05, 0) is 19.3 Å². The lowest BCUT2D eigenvalue weighted by Crippen LogP contribution is -2.52. The molecular formula is C15H29N3O3. The molecule has 0 aliphatic carbocycles. The van der Waals surface area contributed by atoms with Gasteiger partial charge >= 0.3 is 0 Å². The van der Waals surface area contributed by atoms with E-state index in [-0.39, 0.29) is 11.8 Å². The molecule has 1 aliphatic heterocycles. The van der Waals surface area contributed by atoms with E-state index in [1.54, 1.807) is 6.92 Å². The largest absolute Gasteiger partial charge is 0.379 e. The van der Waals surface area contributed by atoms with Crippen LogP contribution in [0, 0.1) is 5.92 Å². The summed E-state index contributed by atoms with van der Waals surface area (Å²) in [5, 5.41) is 5.56. The summed E-state index contributed by atoms with van der Waals surface area (Å²) in [6.45, 7) is 11.4. The van der Waals surface area contributed by atoms with E-state index < -0.39 is 6.04 Å². The number of hydrogen-bond donors (Lipinski definition) is 2. The molecule has 0 radical (unpaired) electrons. The van der Waals surface area contributed by atoms with E-state index in [0.29, 0.717) is 18.5 Å². The molecular weight excluding hydrogens is 270 g/mol. The van der Waals surface area contributed by atoms with Crippen molar-refractivity contribution in [2.24, 2.45) is 5.92 Å². The second kappa shape index (κ2) is 9.00. The third kappa shape index (κ3) is 6.91. The Balaban J connectivity index is 2.48. The van der Waals surface area contributed by atoms with Gasteiger partial charge < -0.3 is 15.4 Å². The van der Waals surface area contributed by atoms with E-state index >= 15 is 0 Å². The fraction of sp³-hybridized carbons (Fsp3) is 0.867. The summed E-state index contributed by atoms with van der Waals surface area (Å²) in [4.78, 5) is 25.3. The van der Waals surface area contributed by atoms with Crippen LogP contribution in [0.4, 0.5) is 0 Å². The second-order valence-electron chi connectivity index (χ2n) is 6.10. The van der Waals surface area contributed by atoms with Crippen molar-refractivity contribution in [3.05, 3.63) is 0 Å². The summed E-state index contributed by atoms with van der Waals surface area (Å²) < 4.78 is 5.39. The van der Waals surface area contributed by atoms with Gasteiger partial charge in [-0.3, -0.25) is 14.5 Å². The molecule has 0 aromatic carbocycles. The quantitative estimate of drug-likeness (QED) is 0.713. The normalized spacial score (nSPS) is 19.1. The number of nitrogens with zero attached hydrogens (tertiary/aromatic N) is 1. The molecule has 1 saturated heterocycles. The summed E-state index contributed by atoms with van der Waals surface area (Å²) in [6, 6.07) is -0.172. The lowest BCUT2D eigenvalue weighted by Gasteiger charge is -2.35. The van der Waals surface area contributed by atoms with E-state index in [1.165, 1.54) is 6.92 Å². The Bertz CT molecular complexity index is 341. The van der Waals surface area contributed by atoms with Crippen LogP contribution in [0.1, 0.15) is 34.1 Å². The fourth-order valence-electron chi connectivity index (χ4n) is 2.59. The van der Waals surface area contributed by atoms with Crippen LogP contribution < -0.4 is 10.6 Å². The van der Waals surface area contributed by atoms with Gasteiger partial charge in [-0.25, -0.2) is 0 Å². The molecule has 21 heavy (non-hydrogen) atoms. The molecule has 1 aliphatic rings. The van der Waals surface area contributed by atoms with Gasteiger partial charge in [0.05, 0.1) is 13.2 Å². The molecule has 1 heterocycles. The smallest absolute Gasteiger partial charge is 0.242 e. The Morgan fingerprint density at radius 3 is 2.33 bits per heavy atom. The van der Waals surface area contributed by atoms with Crippen molar-refractivity contribution >= 4 is 11.8 Å². The third-order valence-electron chi connectivity index (χ3n) is 3.63. The van der Waals surface area contributed by atoms with Crippen LogP contribution >= 0.6 is 0 Å². The topological polar surface area (TPSA) is 70.7 Å². The first-order valence-corrected chi connectivity index (χ1v) is 7.76. The minimum absolute atomic E-state index is 0.132. The number of hydrogen-bond acceptors (Lipinski definition) is 4. The van der Waals surface area contributed by atoms with Gasteiger partial charge in [0, 0.05) is 32.6 Å². The Labute approximate surface area is 127 Å². The van der Waals surface area contributed by atoms with Crippen LogP contribution in [0.15, 0.2) is 0 Å². The number of carbonyl (C=O) groups is 2. The third-order valence-corrected chi connectivity index (χ3v) is 3.63. The van der Waals surface area contributed by atoms with Crippen molar-refractivity contribution in [3.8, 4) is 0 Å². The van der Waals surface area contributed by atoms with Crippen LogP contribution in [0.2, 0.25) is 0 Å². The minimum atomic E-state index is -0.494. The molecule has 122 valence electrons. The average Bonchev–Trinajstić information content (AvgIpc) is 2.42. The summed E-state index contributed by atoms with van der Waals surface area (Å²) in [7, 11) is 0. The molecule has 0 aromatic heterocycles. The molecule has 0 unspecified atom stereocenters. The van der Waals surface area contributed by atoms with Crippen LogP contribution in [-0.2, 0) is 14.3 Å². The second-order valence-corrected chi connectivity index (χ2v) is 6.10. The van der Waals surface area contributed by atoms with Crippen molar-refractivity contribution in [2.45, 2.75) is 46.2 Å². The maximum absolute atomic E-state index is 12.0. The highest BCUT2D eigenvalue weighted by molar-refractivity contribution is 5.86. The van der Waals surface area contributed by atoms with Crippen molar-refractivity contribution in [1.29, 1.82) is 0 Å². The van der Waals surface area contributed by atoms with E-state index in [1.807, 2.05) is 0 Å². The van der Waals surface area contributed by atoms with Gasteiger partial charge in [-0.2, -0.15) is 0 Å². The molecule has 6 nitrogen and oxygen atoms in total. The van der Waals surface area contributed by atoms with Gasteiger partial charge in [-0.1, -0.05) is 13.8 Å². The summed E-state index contributed by atoms with van der Waals surface area (Å²) in [6.07, 6.45) is 1.04. The van der Waals surface area contributed by atoms with Crippen molar-refractivity contribution < 1.29 is 14.3 Å². The minimum Gasteiger partial charge on any atom is -0.379 e. The zero-order valence-electron chi connectivity index (χ0n) is 13.6. The van der Waals surface area contributed by atoms with Gasteiger partial charge in [0.2, 0.25) is 11.8 Å². The van der Waals surface area contributed by atoms with E-state index in [0.717, 1.165) is 32.7 Å². The number of carbonyl (C=O) groups excluding carboxylic acids is 2. The number of amides is 2. The van der Waals surface area contributed by atoms with Gasteiger partial charge in [-0.15, -0.1) is 0 Å². The lowest BCUT2D eigenvalue weighted by molar-refractivity contribution is -0.127. The first kappa shape index (κ1) is 17.9. The van der Waals surface area contributed by atoms with Gasteiger partial charge in [0.15, 0.2) is 0 Å². The molecule has 0 saturated carbocycles. The predicted octanol–water partition coefficient (Wildman–Crippen LogP) is 0.374. The summed E-state index contributed by atoms with van der Waals surface area (Å²) >= 11 is 0. The molecule has 0 aromatic rings. The Morgan fingerprint density at radius 1 is 1.19 bits per heavy atom. The molecule has 2 N–H and O–H groups in total. The zero-order chi connectivity index (χ0) is 15.8. The molecule has 0 spiro atoms. The highest BCUT2D eigenvalue weighted by atomic mass is 16.5. The maximum Gasteiger partial charge on any atom is 0.242 e. The summed E-state index contributed by atoms with van der Waals surface area (Å²) in [5.41, 5.74) is 0.